The van der Waals surface area contributed by atoms with E-state index >= 15 is 0 Å². The standard InChI is InChI=1S/C16H24N2O2S/c1-10(2)13-9-12(15(17)20)16(21-13)18-14(19)8-7-11-5-3-4-6-11/h9-11H,3-8H2,1-2H3,(H2,17,20)(H,18,19). The molecule has 0 atom stereocenters. The smallest absolute Gasteiger partial charge is 0.251 e. The minimum Gasteiger partial charge on any atom is -0.366 e. The summed E-state index contributed by atoms with van der Waals surface area (Å²) < 4.78 is 0. The van der Waals surface area contributed by atoms with Crippen molar-refractivity contribution in [1.29, 1.82) is 0 Å². The molecule has 1 saturated carbocycles. The summed E-state index contributed by atoms with van der Waals surface area (Å²) in [5.74, 6) is 0.518. The van der Waals surface area contributed by atoms with Gasteiger partial charge in [0.15, 0.2) is 0 Å². The van der Waals surface area contributed by atoms with Gasteiger partial charge in [0.05, 0.1) is 5.56 Å². The zero-order valence-corrected chi connectivity index (χ0v) is 13.6. The first-order valence-corrected chi connectivity index (χ1v) is 8.52. The average Bonchev–Trinajstić information content (AvgIpc) is 3.05. The summed E-state index contributed by atoms with van der Waals surface area (Å²) in [6.45, 7) is 4.12. The molecule has 116 valence electrons. The molecule has 1 fully saturated rings. The van der Waals surface area contributed by atoms with E-state index in [0.29, 0.717) is 28.8 Å². The Morgan fingerprint density at radius 2 is 2.05 bits per heavy atom. The van der Waals surface area contributed by atoms with Crippen molar-refractivity contribution in [2.45, 2.75) is 58.3 Å². The van der Waals surface area contributed by atoms with Gasteiger partial charge in [0.25, 0.3) is 5.91 Å². The zero-order chi connectivity index (χ0) is 15.4. The first-order chi connectivity index (χ1) is 9.97. The van der Waals surface area contributed by atoms with E-state index in [1.165, 1.54) is 37.0 Å². The van der Waals surface area contributed by atoms with E-state index in [-0.39, 0.29) is 5.91 Å². The molecule has 0 unspecified atom stereocenters. The molecule has 2 amide bonds. The maximum atomic E-state index is 12.1. The van der Waals surface area contributed by atoms with Crippen LogP contribution in [0.3, 0.4) is 0 Å². The van der Waals surface area contributed by atoms with E-state index in [9.17, 15) is 9.59 Å². The van der Waals surface area contributed by atoms with Gasteiger partial charge in [0, 0.05) is 11.3 Å². The summed E-state index contributed by atoms with van der Waals surface area (Å²) in [4.78, 5) is 24.6. The van der Waals surface area contributed by atoms with E-state index < -0.39 is 5.91 Å². The van der Waals surface area contributed by atoms with Crippen molar-refractivity contribution in [2.24, 2.45) is 11.7 Å². The van der Waals surface area contributed by atoms with Gasteiger partial charge in [-0.3, -0.25) is 9.59 Å². The largest absolute Gasteiger partial charge is 0.366 e. The molecule has 1 heterocycles. The average molecular weight is 308 g/mol. The third-order valence-corrected chi connectivity index (χ3v) is 5.44. The quantitative estimate of drug-likeness (QED) is 0.837. The number of nitrogens with two attached hydrogens (primary N) is 1. The Kier molecular flexibility index (Phi) is 5.39. The fourth-order valence-corrected chi connectivity index (χ4v) is 3.88. The van der Waals surface area contributed by atoms with Gasteiger partial charge in [-0.25, -0.2) is 0 Å². The summed E-state index contributed by atoms with van der Waals surface area (Å²) in [5.41, 5.74) is 5.82. The lowest BCUT2D eigenvalue weighted by molar-refractivity contribution is -0.116. The Bertz CT molecular complexity index is 516. The van der Waals surface area contributed by atoms with Crippen molar-refractivity contribution in [3.63, 3.8) is 0 Å². The zero-order valence-electron chi connectivity index (χ0n) is 12.8. The molecule has 0 aliphatic heterocycles. The van der Waals surface area contributed by atoms with Crippen LogP contribution in [0.1, 0.15) is 73.5 Å². The fourth-order valence-electron chi connectivity index (χ4n) is 2.79. The van der Waals surface area contributed by atoms with E-state index in [0.717, 1.165) is 11.3 Å². The minimum atomic E-state index is -0.482. The first-order valence-electron chi connectivity index (χ1n) is 7.70. The first kappa shape index (κ1) is 16.0. The minimum absolute atomic E-state index is 0.0124. The lowest BCUT2D eigenvalue weighted by atomic mass is 10.0. The number of carbonyl (C=O) groups excluding carboxylic acids is 2. The number of amides is 2. The lowest BCUT2D eigenvalue weighted by Gasteiger charge is -2.08. The van der Waals surface area contributed by atoms with Gasteiger partial charge in [-0.2, -0.15) is 0 Å². The molecule has 5 heteroatoms. The van der Waals surface area contributed by atoms with Crippen LogP contribution in [0, 0.1) is 5.92 Å². The summed E-state index contributed by atoms with van der Waals surface area (Å²) in [7, 11) is 0. The van der Waals surface area contributed by atoms with Gasteiger partial charge in [0.1, 0.15) is 5.00 Å². The fraction of sp³-hybridized carbons (Fsp3) is 0.625. The summed E-state index contributed by atoms with van der Waals surface area (Å²) in [5, 5.41) is 3.47. The number of rotatable bonds is 6. The van der Waals surface area contributed by atoms with E-state index in [4.69, 9.17) is 5.73 Å². The van der Waals surface area contributed by atoms with Crippen molar-refractivity contribution in [1.82, 2.24) is 0 Å². The SMILES string of the molecule is CC(C)c1cc(C(N)=O)c(NC(=O)CCC2CCCC2)s1. The second-order valence-corrected chi connectivity index (χ2v) is 7.23. The molecule has 0 aromatic carbocycles. The molecule has 0 spiro atoms. The maximum Gasteiger partial charge on any atom is 0.251 e. The van der Waals surface area contributed by atoms with E-state index in [1.54, 1.807) is 6.07 Å². The predicted octanol–water partition coefficient (Wildman–Crippen LogP) is 3.88. The normalized spacial score (nSPS) is 15.6. The van der Waals surface area contributed by atoms with Gasteiger partial charge < -0.3 is 11.1 Å². The van der Waals surface area contributed by atoms with Crippen molar-refractivity contribution in [2.75, 3.05) is 5.32 Å². The molecule has 0 radical (unpaired) electrons. The number of nitrogens with one attached hydrogen (secondary N) is 1. The third kappa shape index (κ3) is 4.30. The number of carbonyl (C=O) groups is 2. The Balaban J connectivity index is 1.97. The molecule has 0 bridgehead atoms. The summed E-state index contributed by atoms with van der Waals surface area (Å²) in [6, 6.07) is 1.80. The number of primary amides is 1. The van der Waals surface area contributed by atoms with Gasteiger partial charge in [0.2, 0.25) is 5.91 Å². The number of hydrogen-bond donors (Lipinski definition) is 2. The Hall–Kier alpha value is -1.36. The monoisotopic (exact) mass is 308 g/mol. The molecule has 4 nitrogen and oxygen atoms in total. The van der Waals surface area contributed by atoms with Crippen LogP contribution < -0.4 is 11.1 Å². The molecule has 3 N–H and O–H groups in total. The van der Waals surface area contributed by atoms with Gasteiger partial charge >= 0.3 is 0 Å². The third-order valence-electron chi connectivity index (χ3n) is 4.09. The molecule has 2 rings (SSSR count). The highest BCUT2D eigenvalue weighted by Crippen LogP contribution is 2.33. The highest BCUT2D eigenvalue weighted by molar-refractivity contribution is 7.16. The number of anilines is 1. The van der Waals surface area contributed by atoms with E-state index in [1.807, 2.05) is 0 Å². The van der Waals surface area contributed by atoms with Crippen LogP contribution in [0.15, 0.2) is 6.07 Å². The van der Waals surface area contributed by atoms with Gasteiger partial charge in [-0.15, -0.1) is 11.3 Å². The highest BCUT2D eigenvalue weighted by atomic mass is 32.1. The molecular formula is C16H24N2O2S. The molecular weight excluding hydrogens is 284 g/mol. The van der Waals surface area contributed by atoms with Gasteiger partial charge in [-0.05, 0) is 24.3 Å². The van der Waals surface area contributed by atoms with Crippen molar-refractivity contribution in [3.05, 3.63) is 16.5 Å². The van der Waals surface area contributed by atoms with Crippen LogP contribution in [0.4, 0.5) is 5.00 Å². The van der Waals surface area contributed by atoms with Gasteiger partial charge in [-0.1, -0.05) is 39.5 Å². The van der Waals surface area contributed by atoms with Crippen molar-refractivity contribution >= 4 is 28.2 Å². The molecule has 0 saturated heterocycles. The Labute approximate surface area is 130 Å². The van der Waals surface area contributed by atoms with Crippen LogP contribution in [0.5, 0.6) is 0 Å². The van der Waals surface area contributed by atoms with Crippen molar-refractivity contribution < 1.29 is 9.59 Å². The molecule has 1 aromatic rings. The topological polar surface area (TPSA) is 72.2 Å². The van der Waals surface area contributed by atoms with Crippen molar-refractivity contribution in [3.8, 4) is 0 Å². The molecule has 1 aliphatic rings. The molecule has 1 aliphatic carbocycles. The summed E-state index contributed by atoms with van der Waals surface area (Å²) in [6.07, 6.45) is 6.55. The second-order valence-electron chi connectivity index (χ2n) is 6.15. The predicted molar refractivity (Wildman–Crippen MR) is 86.7 cm³/mol. The Morgan fingerprint density at radius 3 is 2.62 bits per heavy atom. The van der Waals surface area contributed by atoms with Crippen LogP contribution in [0.2, 0.25) is 0 Å². The maximum absolute atomic E-state index is 12.1. The molecule has 21 heavy (non-hydrogen) atoms. The van der Waals surface area contributed by atoms with Crippen LogP contribution in [0.25, 0.3) is 0 Å². The lowest BCUT2D eigenvalue weighted by Crippen LogP contribution is -2.16. The second kappa shape index (κ2) is 7.07. The van der Waals surface area contributed by atoms with Crippen LogP contribution >= 0.6 is 11.3 Å². The van der Waals surface area contributed by atoms with Crippen LogP contribution in [-0.2, 0) is 4.79 Å². The summed E-state index contributed by atoms with van der Waals surface area (Å²) >= 11 is 1.45. The van der Waals surface area contributed by atoms with Crippen LogP contribution in [-0.4, -0.2) is 11.8 Å². The molecule has 1 aromatic heterocycles. The number of thiophene rings is 1. The number of hydrogen-bond acceptors (Lipinski definition) is 3. The van der Waals surface area contributed by atoms with E-state index in [2.05, 4.69) is 19.2 Å². The Morgan fingerprint density at radius 1 is 1.38 bits per heavy atom. The highest BCUT2D eigenvalue weighted by Gasteiger charge is 2.19.